The van der Waals surface area contributed by atoms with Crippen LogP contribution in [-0.4, -0.2) is 19.6 Å². The summed E-state index contributed by atoms with van der Waals surface area (Å²) >= 11 is 6.78. The van der Waals surface area contributed by atoms with Crippen LogP contribution in [0.2, 0.25) is 0 Å². The van der Waals surface area contributed by atoms with Crippen molar-refractivity contribution in [1.82, 2.24) is 19.6 Å². The molecule has 4 nitrogen and oxygen atoms in total. The number of halogens is 2. The van der Waals surface area contributed by atoms with Gasteiger partial charge >= 0.3 is 0 Å². The van der Waals surface area contributed by atoms with Gasteiger partial charge in [0, 0.05) is 38.0 Å². The number of aryl methyl sites for hydroxylation is 3. The molecule has 0 aliphatic rings. The average molecular weight is 334 g/mol. The number of nitrogens with zero attached hydrogens (tertiary/aromatic N) is 4. The molecule has 15 heavy (non-hydrogen) atoms. The normalized spacial score (nSPS) is 10.9. The lowest BCUT2D eigenvalue weighted by molar-refractivity contribution is 0.574. The van der Waals surface area contributed by atoms with Gasteiger partial charge in [0.05, 0.1) is 0 Å². The highest BCUT2D eigenvalue weighted by atomic mass is 79.9. The molecular formula is C9H10Br2N4. The fourth-order valence-electron chi connectivity index (χ4n) is 1.39. The smallest absolute Gasteiger partial charge is 0.129 e. The summed E-state index contributed by atoms with van der Waals surface area (Å²) in [5.41, 5.74) is 1.20. The van der Waals surface area contributed by atoms with E-state index in [4.69, 9.17) is 0 Å². The summed E-state index contributed by atoms with van der Waals surface area (Å²) in [4.78, 5) is 0. The van der Waals surface area contributed by atoms with Gasteiger partial charge in [0.25, 0.3) is 0 Å². The van der Waals surface area contributed by atoms with Gasteiger partial charge in [0.1, 0.15) is 9.21 Å². The Hall–Kier alpha value is -0.620. The Morgan fingerprint density at radius 3 is 2.73 bits per heavy atom. The fraction of sp³-hybridized carbons (Fsp3) is 0.333. The number of hydrogen-bond donors (Lipinski definition) is 0. The topological polar surface area (TPSA) is 35.6 Å². The van der Waals surface area contributed by atoms with Crippen LogP contribution in [-0.2, 0) is 20.0 Å². The highest BCUT2D eigenvalue weighted by molar-refractivity contribution is 9.11. The molecule has 0 atom stereocenters. The quantitative estimate of drug-likeness (QED) is 0.864. The largest absolute Gasteiger partial charge is 0.273 e. The maximum atomic E-state index is 4.30. The molecular weight excluding hydrogens is 324 g/mol. The second kappa shape index (κ2) is 4.49. The van der Waals surface area contributed by atoms with Crippen LogP contribution in [0.5, 0.6) is 0 Å². The summed E-state index contributed by atoms with van der Waals surface area (Å²) in [7, 11) is 1.95. The van der Waals surface area contributed by atoms with Crippen molar-refractivity contribution in [3.63, 3.8) is 0 Å². The summed E-state index contributed by atoms with van der Waals surface area (Å²) in [6, 6.07) is 3.95. The molecule has 0 bridgehead atoms. The average Bonchev–Trinajstić information content (AvgIpc) is 2.70. The Kier molecular flexibility index (Phi) is 3.25. The van der Waals surface area contributed by atoms with E-state index in [1.54, 1.807) is 0 Å². The first-order chi connectivity index (χ1) is 7.16. The Bertz CT molecular complexity index is 460. The van der Waals surface area contributed by atoms with Crippen molar-refractivity contribution in [3.8, 4) is 0 Å². The van der Waals surface area contributed by atoms with Crippen LogP contribution in [0.4, 0.5) is 0 Å². The Morgan fingerprint density at radius 2 is 2.20 bits per heavy atom. The van der Waals surface area contributed by atoms with Crippen LogP contribution in [0.3, 0.4) is 0 Å². The first-order valence-corrected chi connectivity index (χ1v) is 6.11. The minimum absolute atomic E-state index is 0.839. The van der Waals surface area contributed by atoms with Gasteiger partial charge in [0.2, 0.25) is 0 Å². The highest BCUT2D eigenvalue weighted by Gasteiger charge is 2.04. The van der Waals surface area contributed by atoms with Crippen molar-refractivity contribution < 1.29 is 0 Å². The molecule has 2 rings (SSSR count). The Balaban J connectivity index is 2.05. The zero-order chi connectivity index (χ0) is 10.8. The lowest BCUT2D eigenvalue weighted by Gasteiger charge is -2.03. The standard InChI is InChI=1S/C9H10Br2N4/c1-14-7(2-4-12-14)3-5-15-9(11)6-8(10)13-15/h2,4,6H,3,5H2,1H3. The lowest BCUT2D eigenvalue weighted by atomic mass is 10.3. The molecule has 0 unspecified atom stereocenters. The third kappa shape index (κ3) is 2.49. The van der Waals surface area contributed by atoms with E-state index in [9.17, 15) is 0 Å². The fourth-order valence-corrected chi connectivity index (χ4v) is 2.58. The van der Waals surface area contributed by atoms with E-state index in [-0.39, 0.29) is 0 Å². The monoisotopic (exact) mass is 332 g/mol. The predicted molar refractivity (Wildman–Crippen MR) is 64.5 cm³/mol. The third-order valence-corrected chi connectivity index (χ3v) is 3.23. The number of aromatic nitrogens is 4. The van der Waals surface area contributed by atoms with E-state index in [0.717, 1.165) is 22.2 Å². The Labute approximate surface area is 105 Å². The molecule has 0 saturated carbocycles. The lowest BCUT2D eigenvalue weighted by Crippen LogP contribution is -2.06. The molecule has 0 amide bonds. The van der Waals surface area contributed by atoms with Crippen molar-refractivity contribution in [1.29, 1.82) is 0 Å². The maximum Gasteiger partial charge on any atom is 0.129 e. The molecule has 0 aromatic carbocycles. The molecule has 0 fully saturated rings. The molecule has 2 aromatic heterocycles. The zero-order valence-electron chi connectivity index (χ0n) is 8.19. The van der Waals surface area contributed by atoms with E-state index in [0.29, 0.717) is 0 Å². The van der Waals surface area contributed by atoms with E-state index in [1.165, 1.54) is 5.69 Å². The van der Waals surface area contributed by atoms with E-state index < -0.39 is 0 Å². The summed E-state index contributed by atoms with van der Waals surface area (Å²) in [5.74, 6) is 0. The number of hydrogen-bond acceptors (Lipinski definition) is 2. The second-order valence-corrected chi connectivity index (χ2v) is 4.83. The summed E-state index contributed by atoms with van der Waals surface area (Å²) in [6.45, 7) is 0.839. The van der Waals surface area contributed by atoms with Crippen LogP contribution >= 0.6 is 31.9 Å². The first-order valence-electron chi connectivity index (χ1n) is 4.52. The maximum absolute atomic E-state index is 4.30. The van der Waals surface area contributed by atoms with Crippen molar-refractivity contribution in [2.45, 2.75) is 13.0 Å². The third-order valence-electron chi connectivity index (χ3n) is 2.20. The molecule has 0 N–H and O–H groups in total. The molecule has 2 aromatic rings. The molecule has 2 heterocycles. The SMILES string of the molecule is Cn1nccc1CCn1nc(Br)cc1Br. The van der Waals surface area contributed by atoms with E-state index >= 15 is 0 Å². The molecule has 0 aliphatic heterocycles. The van der Waals surface area contributed by atoms with E-state index in [2.05, 4.69) is 42.1 Å². The van der Waals surface area contributed by atoms with Gasteiger partial charge in [0.15, 0.2) is 0 Å². The second-order valence-electron chi connectivity index (χ2n) is 3.21. The van der Waals surface area contributed by atoms with Gasteiger partial charge in [-0.1, -0.05) is 0 Å². The van der Waals surface area contributed by atoms with Crippen molar-refractivity contribution in [2.24, 2.45) is 7.05 Å². The van der Waals surface area contributed by atoms with Crippen molar-refractivity contribution >= 4 is 31.9 Å². The molecule has 80 valence electrons. The van der Waals surface area contributed by atoms with Crippen LogP contribution in [0.25, 0.3) is 0 Å². The van der Waals surface area contributed by atoms with Gasteiger partial charge in [-0.2, -0.15) is 10.2 Å². The van der Waals surface area contributed by atoms with Gasteiger partial charge in [-0.15, -0.1) is 0 Å². The predicted octanol–water partition coefficient (Wildman–Crippen LogP) is 2.38. The van der Waals surface area contributed by atoms with Crippen LogP contribution in [0, 0.1) is 0 Å². The summed E-state index contributed by atoms with van der Waals surface area (Å²) in [6.07, 6.45) is 2.73. The van der Waals surface area contributed by atoms with Crippen LogP contribution in [0.15, 0.2) is 27.5 Å². The molecule has 0 saturated heterocycles. The minimum Gasteiger partial charge on any atom is -0.273 e. The van der Waals surface area contributed by atoms with Crippen LogP contribution in [0.1, 0.15) is 5.69 Å². The molecule has 0 radical (unpaired) electrons. The van der Waals surface area contributed by atoms with Gasteiger partial charge < -0.3 is 0 Å². The first kappa shape index (κ1) is 10.9. The zero-order valence-corrected chi connectivity index (χ0v) is 11.4. The van der Waals surface area contributed by atoms with Crippen molar-refractivity contribution in [3.05, 3.63) is 33.2 Å². The minimum atomic E-state index is 0.839. The molecule has 6 heteroatoms. The summed E-state index contributed by atoms with van der Waals surface area (Å²) < 4.78 is 5.62. The van der Waals surface area contributed by atoms with Crippen LogP contribution < -0.4 is 0 Å². The van der Waals surface area contributed by atoms with Crippen molar-refractivity contribution in [2.75, 3.05) is 0 Å². The van der Waals surface area contributed by atoms with Gasteiger partial charge in [-0.25, -0.2) is 0 Å². The Morgan fingerprint density at radius 1 is 1.40 bits per heavy atom. The number of rotatable bonds is 3. The highest BCUT2D eigenvalue weighted by Crippen LogP contribution is 2.16. The van der Waals surface area contributed by atoms with E-state index in [1.807, 2.05) is 34.7 Å². The van der Waals surface area contributed by atoms with Gasteiger partial charge in [-0.3, -0.25) is 9.36 Å². The molecule has 0 spiro atoms. The summed E-state index contributed by atoms with van der Waals surface area (Å²) in [5, 5.41) is 8.42. The van der Waals surface area contributed by atoms with Gasteiger partial charge in [-0.05, 0) is 37.9 Å². The molecule has 0 aliphatic carbocycles.